The van der Waals surface area contributed by atoms with E-state index < -0.39 is 0 Å². The number of piperazine rings is 1. The molecular weight excluding hydrogens is 380 g/mol. The third-order valence-electron chi connectivity index (χ3n) is 5.11. The number of para-hydroxylation sites is 1. The fourth-order valence-corrected chi connectivity index (χ4v) is 4.62. The van der Waals surface area contributed by atoms with Gasteiger partial charge in [-0.15, -0.1) is 11.8 Å². The predicted molar refractivity (Wildman–Crippen MR) is 110 cm³/mol. The number of rotatable bonds is 4. The lowest BCUT2D eigenvalue weighted by molar-refractivity contribution is -0.134. The molecule has 0 aliphatic carbocycles. The summed E-state index contributed by atoms with van der Waals surface area (Å²) in [6.07, 6.45) is 5.91. The van der Waals surface area contributed by atoms with Gasteiger partial charge in [0.25, 0.3) is 0 Å². The number of hydrogen-bond acceptors (Lipinski definition) is 3. The van der Waals surface area contributed by atoms with Gasteiger partial charge in [-0.3, -0.25) is 9.59 Å². The second kappa shape index (κ2) is 7.41. The quantitative estimate of drug-likeness (QED) is 0.575. The molecule has 2 atom stereocenters. The first-order valence-corrected chi connectivity index (χ1v) is 10.4. The Morgan fingerprint density at radius 1 is 1.19 bits per heavy atom. The van der Waals surface area contributed by atoms with E-state index >= 15 is 0 Å². The van der Waals surface area contributed by atoms with Crippen molar-refractivity contribution in [2.75, 3.05) is 17.7 Å². The summed E-state index contributed by atoms with van der Waals surface area (Å²) in [6.45, 7) is 0.560. The lowest BCUT2D eigenvalue weighted by Crippen LogP contribution is -2.52. The zero-order valence-corrected chi connectivity index (χ0v) is 16.4. The third-order valence-corrected chi connectivity index (χ3v) is 6.23. The molecule has 138 valence electrons. The number of amides is 2. The van der Waals surface area contributed by atoms with E-state index in [0.717, 1.165) is 16.1 Å². The van der Waals surface area contributed by atoms with Gasteiger partial charge in [-0.25, -0.2) is 0 Å². The van der Waals surface area contributed by atoms with Crippen LogP contribution in [0.2, 0.25) is 5.02 Å². The number of halogens is 1. The maximum Gasteiger partial charge on any atom is 0.250 e. The van der Waals surface area contributed by atoms with Crippen LogP contribution in [0, 0.1) is 0 Å². The lowest BCUT2D eigenvalue weighted by atomic mass is 10.2. The molecule has 27 heavy (non-hydrogen) atoms. The largest absolute Gasteiger partial charge is 0.325 e. The van der Waals surface area contributed by atoms with Crippen molar-refractivity contribution in [1.29, 1.82) is 0 Å². The molecule has 2 bridgehead atoms. The summed E-state index contributed by atoms with van der Waals surface area (Å²) in [7, 11) is 0. The molecule has 0 spiro atoms. The summed E-state index contributed by atoms with van der Waals surface area (Å²) in [6, 6.07) is 14.9. The molecule has 0 unspecified atom stereocenters. The van der Waals surface area contributed by atoms with Gasteiger partial charge in [0.15, 0.2) is 0 Å². The highest BCUT2D eigenvalue weighted by molar-refractivity contribution is 7.98. The zero-order valence-electron chi connectivity index (χ0n) is 14.8. The smallest absolute Gasteiger partial charge is 0.250 e. The van der Waals surface area contributed by atoms with Crippen molar-refractivity contribution in [3.05, 3.63) is 65.2 Å². The summed E-state index contributed by atoms with van der Waals surface area (Å²) >= 11 is 7.76. The number of likely N-dealkylation sites (tertiary alicyclic amines) is 1. The van der Waals surface area contributed by atoms with Crippen LogP contribution in [-0.4, -0.2) is 41.6 Å². The Morgan fingerprint density at radius 2 is 1.93 bits per heavy atom. The Hall–Kier alpha value is -2.24. The minimum Gasteiger partial charge on any atom is -0.325 e. The van der Waals surface area contributed by atoms with Crippen molar-refractivity contribution < 1.29 is 9.59 Å². The average molecular weight is 399 g/mol. The van der Waals surface area contributed by atoms with Crippen LogP contribution >= 0.6 is 23.4 Å². The van der Waals surface area contributed by atoms with Crippen LogP contribution < -0.4 is 4.90 Å². The van der Waals surface area contributed by atoms with E-state index in [9.17, 15) is 9.59 Å². The van der Waals surface area contributed by atoms with Crippen molar-refractivity contribution in [2.45, 2.75) is 23.4 Å². The maximum atomic E-state index is 13.0. The van der Waals surface area contributed by atoms with Crippen molar-refractivity contribution in [3.8, 4) is 0 Å². The maximum absolute atomic E-state index is 13.0. The minimum absolute atomic E-state index is 0.00671. The molecule has 4 nitrogen and oxygen atoms in total. The van der Waals surface area contributed by atoms with Crippen LogP contribution in [0.15, 0.2) is 59.5 Å². The number of thioether (sulfide) groups is 1. The van der Waals surface area contributed by atoms with Crippen molar-refractivity contribution >= 4 is 46.9 Å². The zero-order chi connectivity index (χ0) is 19.0. The van der Waals surface area contributed by atoms with E-state index in [4.69, 9.17) is 11.6 Å². The third kappa shape index (κ3) is 3.26. The van der Waals surface area contributed by atoms with Gasteiger partial charge in [0, 0.05) is 22.5 Å². The van der Waals surface area contributed by atoms with Crippen LogP contribution in [0.3, 0.4) is 0 Å². The highest BCUT2D eigenvalue weighted by atomic mass is 35.5. The summed E-state index contributed by atoms with van der Waals surface area (Å²) in [5, 5.41) is 0.598. The standard InChI is InChI=1S/C21H19ClN2O2S/c1-27-19-9-5-4-8-17(19)24-15-12-18(21(24)26)23(13-15)20(25)11-10-14-6-2-3-7-16(14)22/h2-11,15,18H,12-13H2,1H3/t15-,18-/m0/s1. The molecule has 0 aromatic heterocycles. The Morgan fingerprint density at radius 3 is 2.67 bits per heavy atom. The number of fused-ring (bicyclic) bond motifs is 2. The number of carbonyl (C=O) groups is 2. The van der Waals surface area contributed by atoms with Gasteiger partial charge < -0.3 is 9.80 Å². The monoisotopic (exact) mass is 398 g/mol. The van der Waals surface area contributed by atoms with E-state index in [-0.39, 0.29) is 23.9 Å². The van der Waals surface area contributed by atoms with E-state index in [1.54, 1.807) is 28.8 Å². The Kier molecular flexibility index (Phi) is 4.98. The molecule has 4 rings (SSSR count). The second-order valence-corrected chi connectivity index (χ2v) is 7.89. The van der Waals surface area contributed by atoms with Crippen LogP contribution in [0.4, 0.5) is 5.69 Å². The molecule has 2 aliphatic heterocycles. The van der Waals surface area contributed by atoms with Gasteiger partial charge in [-0.1, -0.05) is 41.9 Å². The van der Waals surface area contributed by atoms with Crippen LogP contribution in [0.1, 0.15) is 12.0 Å². The molecular formula is C21H19ClN2O2S. The number of anilines is 1. The first-order valence-electron chi connectivity index (χ1n) is 8.79. The van der Waals surface area contributed by atoms with E-state index in [1.807, 2.05) is 53.6 Å². The van der Waals surface area contributed by atoms with Crippen LogP contribution in [0.25, 0.3) is 6.08 Å². The van der Waals surface area contributed by atoms with E-state index in [1.165, 1.54) is 6.08 Å². The Bertz CT molecular complexity index is 930. The molecule has 0 radical (unpaired) electrons. The van der Waals surface area contributed by atoms with Gasteiger partial charge >= 0.3 is 0 Å². The summed E-state index contributed by atoms with van der Waals surface area (Å²) in [5.74, 6) is -0.138. The molecule has 2 aliphatic rings. The number of carbonyl (C=O) groups excluding carboxylic acids is 2. The highest BCUT2D eigenvalue weighted by Crippen LogP contribution is 2.39. The molecule has 0 N–H and O–H groups in total. The number of benzene rings is 2. The topological polar surface area (TPSA) is 40.6 Å². The van der Waals surface area contributed by atoms with Crippen LogP contribution in [-0.2, 0) is 9.59 Å². The first kappa shape index (κ1) is 18.1. The molecule has 2 aromatic carbocycles. The summed E-state index contributed by atoms with van der Waals surface area (Å²) < 4.78 is 0. The van der Waals surface area contributed by atoms with Gasteiger partial charge in [0.2, 0.25) is 11.8 Å². The number of hydrogen-bond donors (Lipinski definition) is 0. The Labute approximate surface area is 167 Å². The summed E-state index contributed by atoms with van der Waals surface area (Å²) in [5.41, 5.74) is 1.74. The number of nitrogens with zero attached hydrogens (tertiary/aromatic N) is 2. The van der Waals surface area contributed by atoms with Crippen molar-refractivity contribution in [3.63, 3.8) is 0 Å². The second-order valence-electron chi connectivity index (χ2n) is 6.63. The molecule has 2 amide bonds. The molecule has 2 fully saturated rings. The van der Waals surface area contributed by atoms with E-state index in [0.29, 0.717) is 18.0 Å². The predicted octanol–water partition coefficient (Wildman–Crippen LogP) is 4.09. The molecule has 2 saturated heterocycles. The van der Waals surface area contributed by atoms with Crippen LogP contribution in [0.5, 0.6) is 0 Å². The van der Waals surface area contributed by atoms with Gasteiger partial charge in [0.1, 0.15) is 6.04 Å². The van der Waals surface area contributed by atoms with Gasteiger partial charge in [-0.05, 0) is 42.5 Å². The van der Waals surface area contributed by atoms with Crippen molar-refractivity contribution in [2.24, 2.45) is 0 Å². The highest BCUT2D eigenvalue weighted by Gasteiger charge is 2.51. The molecule has 2 heterocycles. The molecule has 2 aromatic rings. The fraction of sp³-hybridized carbons (Fsp3) is 0.238. The normalized spacial score (nSPS) is 21.5. The van der Waals surface area contributed by atoms with Gasteiger partial charge in [0.05, 0.1) is 11.7 Å². The lowest BCUT2D eigenvalue weighted by Gasteiger charge is -2.34. The fourth-order valence-electron chi connectivity index (χ4n) is 3.83. The Balaban J connectivity index is 1.51. The van der Waals surface area contributed by atoms with E-state index in [2.05, 4.69) is 0 Å². The molecule has 0 saturated carbocycles. The van der Waals surface area contributed by atoms with Crippen molar-refractivity contribution in [1.82, 2.24) is 4.90 Å². The minimum atomic E-state index is -0.381. The SMILES string of the molecule is CSc1ccccc1N1C(=O)[C@@H]2C[C@H]1CN2C(=O)C=Cc1ccccc1Cl. The average Bonchev–Trinajstić information content (AvgIpc) is 3.25. The first-order chi connectivity index (χ1) is 13.1. The summed E-state index contributed by atoms with van der Waals surface area (Å²) in [4.78, 5) is 30.2. The van der Waals surface area contributed by atoms with Gasteiger partial charge in [-0.2, -0.15) is 0 Å². The molecule has 6 heteroatoms.